The van der Waals surface area contributed by atoms with Gasteiger partial charge >= 0.3 is 0 Å². The third-order valence-corrected chi connectivity index (χ3v) is 12.5. The van der Waals surface area contributed by atoms with E-state index in [1.54, 1.807) is 0 Å². The average molecular weight is 793 g/mol. The summed E-state index contributed by atoms with van der Waals surface area (Å²) >= 11 is 0. The van der Waals surface area contributed by atoms with Crippen molar-refractivity contribution in [3.63, 3.8) is 0 Å². The third-order valence-electron chi connectivity index (χ3n) is 12.5. The standard InChI is InChI=1S/C58H40N4/c1-5-15-41(16-6-1)47-23-13-25-49-51-35-37-59-53(43-19-9-3-10-20-43)57(51)61(55(47)49)45-31-27-39(28-32-45)40-29-33-46(34-30-40)62-56-48(42-17-7-2-8-18-42)24-14-26-50(56)52-36-38-60-54(58(52)62)44-21-11-4-12-22-44/h1-35,37H,36,38H2. The predicted octanol–water partition coefficient (Wildman–Crippen LogP) is 14.2. The second-order valence-electron chi connectivity index (χ2n) is 16.0. The second-order valence-corrected chi connectivity index (χ2v) is 16.0. The van der Waals surface area contributed by atoms with Gasteiger partial charge < -0.3 is 9.13 Å². The third kappa shape index (κ3) is 5.83. The molecule has 0 spiro atoms. The zero-order valence-electron chi connectivity index (χ0n) is 34.0. The summed E-state index contributed by atoms with van der Waals surface area (Å²) in [5, 5.41) is 3.67. The number of fused-ring (bicyclic) bond motifs is 6. The van der Waals surface area contributed by atoms with Crippen LogP contribution in [0.2, 0.25) is 0 Å². The lowest BCUT2D eigenvalue weighted by molar-refractivity contribution is 0.929. The Hall–Kier alpha value is -8.08. The van der Waals surface area contributed by atoms with Gasteiger partial charge in [0.1, 0.15) is 0 Å². The van der Waals surface area contributed by atoms with Crippen LogP contribution in [-0.4, -0.2) is 26.4 Å². The molecule has 0 atom stereocenters. The Morgan fingerprint density at radius 2 is 0.839 bits per heavy atom. The van der Waals surface area contributed by atoms with Gasteiger partial charge in [0.2, 0.25) is 0 Å². The molecule has 0 unspecified atom stereocenters. The van der Waals surface area contributed by atoms with Crippen LogP contribution in [0.15, 0.2) is 224 Å². The molecule has 0 radical (unpaired) electrons. The number of para-hydroxylation sites is 2. The van der Waals surface area contributed by atoms with Crippen molar-refractivity contribution >= 4 is 38.4 Å². The minimum absolute atomic E-state index is 0.771. The van der Waals surface area contributed by atoms with Crippen LogP contribution in [0.25, 0.3) is 88.7 Å². The summed E-state index contributed by atoms with van der Waals surface area (Å²) in [7, 11) is 0. The lowest BCUT2D eigenvalue weighted by atomic mass is 9.96. The van der Waals surface area contributed by atoms with Crippen molar-refractivity contribution in [1.82, 2.24) is 14.1 Å². The van der Waals surface area contributed by atoms with Crippen LogP contribution in [-0.2, 0) is 6.42 Å². The minimum atomic E-state index is 0.771. The molecule has 0 fully saturated rings. The molecule has 0 bridgehead atoms. The van der Waals surface area contributed by atoms with E-state index in [0.717, 1.165) is 63.5 Å². The van der Waals surface area contributed by atoms with Crippen molar-refractivity contribution in [1.29, 1.82) is 0 Å². The fourth-order valence-electron chi connectivity index (χ4n) is 9.72. The van der Waals surface area contributed by atoms with Crippen LogP contribution in [0.5, 0.6) is 0 Å². The molecule has 8 aromatic carbocycles. The summed E-state index contributed by atoms with van der Waals surface area (Å²) in [6.07, 6.45) is 2.85. The van der Waals surface area contributed by atoms with Gasteiger partial charge in [0.25, 0.3) is 0 Å². The van der Waals surface area contributed by atoms with Crippen LogP contribution >= 0.6 is 0 Å². The van der Waals surface area contributed by atoms with Gasteiger partial charge in [-0.1, -0.05) is 182 Å². The van der Waals surface area contributed by atoms with Crippen LogP contribution in [0.3, 0.4) is 0 Å². The van der Waals surface area contributed by atoms with Crippen molar-refractivity contribution in [3.8, 4) is 56.0 Å². The van der Waals surface area contributed by atoms with Crippen LogP contribution in [0, 0.1) is 0 Å². The zero-order chi connectivity index (χ0) is 41.0. The number of rotatable bonds is 7. The number of hydrogen-bond donors (Lipinski definition) is 0. The maximum absolute atomic E-state index is 5.19. The highest BCUT2D eigenvalue weighted by atomic mass is 15.0. The molecule has 0 N–H and O–H groups in total. The van der Waals surface area contributed by atoms with E-state index in [1.165, 1.54) is 60.7 Å². The molecule has 4 heteroatoms. The normalized spacial score (nSPS) is 12.5. The highest BCUT2D eigenvalue weighted by Crippen LogP contribution is 2.43. The summed E-state index contributed by atoms with van der Waals surface area (Å²) in [6, 6.07) is 76.3. The average Bonchev–Trinajstić information content (AvgIpc) is 3.89. The fourth-order valence-corrected chi connectivity index (χ4v) is 9.72. The molecule has 62 heavy (non-hydrogen) atoms. The molecule has 11 aromatic rings. The van der Waals surface area contributed by atoms with E-state index < -0.39 is 0 Å². The number of benzene rings is 8. The summed E-state index contributed by atoms with van der Waals surface area (Å²) in [5.41, 5.74) is 19.6. The van der Waals surface area contributed by atoms with Gasteiger partial charge in [0.05, 0.1) is 33.6 Å². The Morgan fingerprint density at radius 3 is 1.42 bits per heavy atom. The highest BCUT2D eigenvalue weighted by Gasteiger charge is 2.27. The number of hydrogen-bond acceptors (Lipinski definition) is 2. The lowest BCUT2D eigenvalue weighted by Gasteiger charge is -2.19. The van der Waals surface area contributed by atoms with E-state index in [-0.39, 0.29) is 0 Å². The van der Waals surface area contributed by atoms with Gasteiger partial charge in [-0.15, -0.1) is 0 Å². The molecule has 1 aliphatic heterocycles. The predicted molar refractivity (Wildman–Crippen MR) is 258 cm³/mol. The first-order chi connectivity index (χ1) is 30.8. The molecule has 0 amide bonds. The summed E-state index contributed by atoms with van der Waals surface area (Å²) in [6.45, 7) is 0.771. The number of aliphatic imine (C=N–C) groups is 1. The molecule has 3 aromatic heterocycles. The molecule has 1 aliphatic rings. The van der Waals surface area contributed by atoms with Gasteiger partial charge in [0, 0.05) is 62.5 Å². The van der Waals surface area contributed by atoms with E-state index in [2.05, 4.69) is 221 Å². The van der Waals surface area contributed by atoms with Crippen molar-refractivity contribution in [2.24, 2.45) is 4.99 Å². The SMILES string of the molecule is c1ccc(C2=NCCc3c2n(-c2ccc(-c4ccc(-n5c6c(-c7ccccc7)cccc6c6ccnc(-c7ccccc7)c65)cc4)cc2)c2c(-c4ccccc4)cccc32)cc1. The zero-order valence-corrected chi connectivity index (χ0v) is 34.0. The molecule has 4 heterocycles. The van der Waals surface area contributed by atoms with Gasteiger partial charge in [-0.05, 0) is 64.6 Å². The maximum Gasteiger partial charge on any atom is 0.0948 e. The van der Waals surface area contributed by atoms with Crippen molar-refractivity contribution in [3.05, 3.63) is 235 Å². The fraction of sp³-hybridized carbons (Fsp3) is 0.0345. The Labute approximate surface area is 360 Å². The molecule has 4 nitrogen and oxygen atoms in total. The molecule has 12 rings (SSSR count). The first-order valence-electron chi connectivity index (χ1n) is 21.4. The van der Waals surface area contributed by atoms with E-state index in [0.29, 0.717) is 0 Å². The van der Waals surface area contributed by atoms with Gasteiger partial charge in [-0.3, -0.25) is 9.98 Å². The van der Waals surface area contributed by atoms with Gasteiger partial charge in [-0.25, -0.2) is 0 Å². The van der Waals surface area contributed by atoms with E-state index in [9.17, 15) is 0 Å². The summed E-state index contributed by atoms with van der Waals surface area (Å²) in [4.78, 5) is 10.2. The van der Waals surface area contributed by atoms with E-state index >= 15 is 0 Å². The Balaban J connectivity index is 1.00. The Morgan fingerprint density at radius 1 is 0.355 bits per heavy atom. The van der Waals surface area contributed by atoms with Crippen molar-refractivity contribution < 1.29 is 0 Å². The maximum atomic E-state index is 5.19. The monoisotopic (exact) mass is 792 g/mol. The number of nitrogens with zero attached hydrogens (tertiary/aromatic N) is 4. The van der Waals surface area contributed by atoms with E-state index in [1.807, 2.05) is 6.20 Å². The molecule has 0 saturated carbocycles. The Bertz CT molecular complexity index is 3360. The smallest absolute Gasteiger partial charge is 0.0948 e. The second kappa shape index (κ2) is 14.9. The molecule has 292 valence electrons. The van der Waals surface area contributed by atoms with Crippen molar-refractivity contribution in [2.45, 2.75) is 6.42 Å². The number of aromatic nitrogens is 3. The number of pyridine rings is 1. The summed E-state index contributed by atoms with van der Waals surface area (Å²) < 4.78 is 4.89. The topological polar surface area (TPSA) is 35.1 Å². The van der Waals surface area contributed by atoms with Gasteiger partial charge in [0.15, 0.2) is 0 Å². The molecular weight excluding hydrogens is 753 g/mol. The largest absolute Gasteiger partial charge is 0.307 e. The van der Waals surface area contributed by atoms with Crippen molar-refractivity contribution in [2.75, 3.05) is 6.54 Å². The van der Waals surface area contributed by atoms with Gasteiger partial charge in [-0.2, -0.15) is 0 Å². The molecule has 0 saturated heterocycles. The quantitative estimate of drug-likeness (QED) is 0.158. The lowest BCUT2D eigenvalue weighted by Crippen LogP contribution is -2.17. The van der Waals surface area contributed by atoms with Crippen LogP contribution in [0.4, 0.5) is 0 Å². The minimum Gasteiger partial charge on any atom is -0.307 e. The highest BCUT2D eigenvalue weighted by molar-refractivity contribution is 6.18. The molecular formula is C58H40N4. The first-order valence-corrected chi connectivity index (χ1v) is 21.4. The summed E-state index contributed by atoms with van der Waals surface area (Å²) in [5.74, 6) is 0. The molecule has 0 aliphatic carbocycles. The first kappa shape index (κ1) is 35.8. The van der Waals surface area contributed by atoms with Crippen LogP contribution in [0.1, 0.15) is 16.8 Å². The van der Waals surface area contributed by atoms with E-state index in [4.69, 9.17) is 9.98 Å². The Kier molecular flexibility index (Phi) is 8.60. The van der Waals surface area contributed by atoms with Crippen LogP contribution < -0.4 is 0 Å².